The number of aliphatic hydroxyl groups excluding tert-OH is 1. The standard InChI is InChI=1S/C22H27N7O3/c1-4-23-21(30)29-20-27-18-9-13(14-11-25-22(31-3)26-12-14)8-16(19(18)28-20)17-10-15(32-5-2)6-7-24-17/h6-7,9-12,16,21,23,30H,4-5,8H2,1-3H3,(H2,27,28,29)/t16?,21-/m1/s1. The summed E-state index contributed by atoms with van der Waals surface area (Å²) in [5.41, 5.74) is 4.45. The Balaban J connectivity index is 1.72. The molecule has 3 aromatic heterocycles. The number of nitrogens with zero attached hydrogens (tertiary/aromatic N) is 4. The van der Waals surface area contributed by atoms with Crippen molar-refractivity contribution >= 4 is 17.6 Å². The van der Waals surface area contributed by atoms with Crippen LogP contribution >= 0.6 is 0 Å². The number of allylic oxidation sites excluding steroid dienone is 1. The predicted octanol–water partition coefficient (Wildman–Crippen LogP) is 2.38. The first kappa shape index (κ1) is 21.7. The van der Waals surface area contributed by atoms with Gasteiger partial charge >= 0.3 is 6.01 Å². The van der Waals surface area contributed by atoms with E-state index in [1.165, 1.54) is 7.11 Å². The average Bonchev–Trinajstić information content (AvgIpc) is 3.21. The van der Waals surface area contributed by atoms with Gasteiger partial charge in [-0.2, -0.15) is 0 Å². The highest BCUT2D eigenvalue weighted by Gasteiger charge is 2.29. The van der Waals surface area contributed by atoms with Gasteiger partial charge < -0.3 is 24.9 Å². The van der Waals surface area contributed by atoms with E-state index < -0.39 is 6.35 Å². The van der Waals surface area contributed by atoms with E-state index in [4.69, 9.17) is 9.47 Å². The van der Waals surface area contributed by atoms with Gasteiger partial charge in [0.1, 0.15) is 5.75 Å². The van der Waals surface area contributed by atoms with Crippen LogP contribution in [-0.4, -0.2) is 56.6 Å². The highest BCUT2D eigenvalue weighted by atomic mass is 16.5. The van der Waals surface area contributed by atoms with Gasteiger partial charge in [0.15, 0.2) is 6.35 Å². The summed E-state index contributed by atoms with van der Waals surface area (Å²) >= 11 is 0. The molecule has 0 saturated carbocycles. The quantitative estimate of drug-likeness (QED) is 0.373. The molecule has 0 spiro atoms. The van der Waals surface area contributed by atoms with E-state index in [2.05, 4.69) is 35.6 Å². The van der Waals surface area contributed by atoms with E-state index in [1.54, 1.807) is 18.6 Å². The molecule has 3 heterocycles. The van der Waals surface area contributed by atoms with Gasteiger partial charge in [-0.25, -0.2) is 15.0 Å². The molecule has 0 bridgehead atoms. The zero-order valence-corrected chi connectivity index (χ0v) is 18.3. The van der Waals surface area contributed by atoms with Gasteiger partial charge in [0.25, 0.3) is 0 Å². The van der Waals surface area contributed by atoms with Crippen molar-refractivity contribution in [3.8, 4) is 11.8 Å². The summed E-state index contributed by atoms with van der Waals surface area (Å²) in [7, 11) is 1.54. The van der Waals surface area contributed by atoms with Crippen LogP contribution in [0.25, 0.3) is 11.6 Å². The zero-order chi connectivity index (χ0) is 22.5. The Hall–Kier alpha value is -3.50. The molecule has 10 nitrogen and oxygen atoms in total. The molecule has 10 heteroatoms. The first-order chi connectivity index (χ1) is 15.6. The molecule has 1 unspecified atom stereocenters. The molecule has 0 aliphatic heterocycles. The molecule has 4 N–H and O–H groups in total. The van der Waals surface area contributed by atoms with Crippen LogP contribution < -0.4 is 20.1 Å². The molecule has 0 saturated heterocycles. The molecule has 1 aliphatic rings. The summed E-state index contributed by atoms with van der Waals surface area (Å²) < 4.78 is 10.8. The normalized spacial score (nSPS) is 16.1. The van der Waals surface area contributed by atoms with Crippen LogP contribution in [0.4, 0.5) is 5.95 Å². The number of aliphatic hydroxyl groups is 1. The summed E-state index contributed by atoms with van der Waals surface area (Å²) in [5.74, 6) is 1.15. The zero-order valence-electron chi connectivity index (χ0n) is 18.3. The van der Waals surface area contributed by atoms with Gasteiger partial charge in [0.2, 0.25) is 5.95 Å². The number of aromatic amines is 1. The predicted molar refractivity (Wildman–Crippen MR) is 120 cm³/mol. The van der Waals surface area contributed by atoms with Gasteiger partial charge in [-0.1, -0.05) is 6.92 Å². The Morgan fingerprint density at radius 3 is 2.78 bits per heavy atom. The summed E-state index contributed by atoms with van der Waals surface area (Å²) in [6, 6.07) is 4.11. The van der Waals surface area contributed by atoms with Gasteiger partial charge in [-0.05, 0) is 37.6 Å². The lowest BCUT2D eigenvalue weighted by atomic mass is 9.84. The third-order valence-electron chi connectivity index (χ3n) is 5.12. The summed E-state index contributed by atoms with van der Waals surface area (Å²) in [6.45, 7) is 5.06. The monoisotopic (exact) mass is 437 g/mol. The van der Waals surface area contributed by atoms with E-state index in [0.29, 0.717) is 31.5 Å². The van der Waals surface area contributed by atoms with Crippen molar-refractivity contribution in [2.75, 3.05) is 25.6 Å². The summed E-state index contributed by atoms with van der Waals surface area (Å²) in [4.78, 5) is 21.1. The lowest BCUT2D eigenvalue weighted by Gasteiger charge is -2.22. The van der Waals surface area contributed by atoms with E-state index in [-0.39, 0.29) is 5.92 Å². The highest BCUT2D eigenvalue weighted by Crippen LogP contribution is 2.41. The number of methoxy groups -OCH3 is 1. The molecule has 3 aromatic rings. The third-order valence-corrected chi connectivity index (χ3v) is 5.12. The van der Waals surface area contributed by atoms with Crippen molar-refractivity contribution in [1.29, 1.82) is 0 Å². The Labute approximate surface area is 186 Å². The third kappa shape index (κ3) is 4.71. The smallest absolute Gasteiger partial charge is 0.316 e. The first-order valence-electron chi connectivity index (χ1n) is 10.5. The number of nitrogens with one attached hydrogen (secondary N) is 3. The number of hydrogen-bond donors (Lipinski definition) is 4. The van der Waals surface area contributed by atoms with E-state index in [0.717, 1.165) is 34.0 Å². The van der Waals surface area contributed by atoms with Crippen LogP contribution in [0.5, 0.6) is 11.8 Å². The molecule has 2 atom stereocenters. The van der Waals surface area contributed by atoms with Gasteiger partial charge in [0, 0.05) is 36.1 Å². The fourth-order valence-corrected chi connectivity index (χ4v) is 3.68. The minimum absolute atomic E-state index is 0.0909. The van der Waals surface area contributed by atoms with Crippen LogP contribution in [0.3, 0.4) is 0 Å². The Morgan fingerprint density at radius 1 is 1.25 bits per heavy atom. The molecule has 32 heavy (non-hydrogen) atoms. The van der Waals surface area contributed by atoms with Gasteiger partial charge in [0.05, 0.1) is 30.8 Å². The van der Waals surface area contributed by atoms with Crippen molar-refractivity contribution in [3.63, 3.8) is 0 Å². The van der Waals surface area contributed by atoms with Crippen LogP contribution in [-0.2, 0) is 0 Å². The molecule has 0 radical (unpaired) electrons. The first-order valence-corrected chi connectivity index (χ1v) is 10.5. The maximum Gasteiger partial charge on any atom is 0.316 e. The molecule has 4 rings (SSSR count). The molecular weight excluding hydrogens is 410 g/mol. The SMILES string of the molecule is CCN[C@@H](O)Nc1nc2c([nH]1)C(c1cc(OCC)ccn1)CC(c1cnc(OC)nc1)=C2. The van der Waals surface area contributed by atoms with Crippen molar-refractivity contribution in [1.82, 2.24) is 30.2 Å². The van der Waals surface area contributed by atoms with Crippen molar-refractivity contribution < 1.29 is 14.6 Å². The number of imidazole rings is 1. The number of rotatable bonds is 9. The Bertz CT molecular complexity index is 1080. The summed E-state index contributed by atoms with van der Waals surface area (Å²) in [6.07, 6.45) is 6.99. The van der Waals surface area contributed by atoms with Crippen molar-refractivity contribution in [2.24, 2.45) is 0 Å². The largest absolute Gasteiger partial charge is 0.494 e. The molecule has 0 amide bonds. The fraction of sp³-hybridized carbons (Fsp3) is 0.364. The van der Waals surface area contributed by atoms with Crippen LogP contribution in [0.1, 0.15) is 48.8 Å². The van der Waals surface area contributed by atoms with Crippen LogP contribution in [0, 0.1) is 0 Å². The van der Waals surface area contributed by atoms with E-state index >= 15 is 0 Å². The van der Waals surface area contributed by atoms with E-state index in [9.17, 15) is 5.11 Å². The molecule has 0 aromatic carbocycles. The lowest BCUT2D eigenvalue weighted by molar-refractivity contribution is 0.167. The topological polar surface area (TPSA) is 130 Å². The number of pyridine rings is 1. The minimum atomic E-state index is -0.913. The second kappa shape index (κ2) is 9.75. The Morgan fingerprint density at radius 2 is 2.06 bits per heavy atom. The maximum atomic E-state index is 10.1. The van der Waals surface area contributed by atoms with E-state index in [1.807, 2.05) is 32.1 Å². The number of aromatic nitrogens is 5. The molecule has 1 aliphatic carbocycles. The van der Waals surface area contributed by atoms with Crippen molar-refractivity contribution in [3.05, 3.63) is 53.4 Å². The second-order valence-electron chi connectivity index (χ2n) is 7.22. The number of fused-ring (bicyclic) bond motifs is 1. The number of anilines is 1. The Kier molecular flexibility index (Phi) is 6.62. The number of H-pyrrole nitrogens is 1. The van der Waals surface area contributed by atoms with Crippen molar-refractivity contribution in [2.45, 2.75) is 32.5 Å². The molecular formula is C22H27N7O3. The number of hydrogen-bond acceptors (Lipinski definition) is 9. The highest BCUT2D eigenvalue weighted by molar-refractivity contribution is 5.84. The lowest BCUT2D eigenvalue weighted by Crippen LogP contribution is -2.36. The summed E-state index contributed by atoms with van der Waals surface area (Å²) in [5, 5.41) is 15.9. The fourth-order valence-electron chi connectivity index (χ4n) is 3.68. The van der Waals surface area contributed by atoms with Crippen LogP contribution in [0.2, 0.25) is 0 Å². The number of ether oxygens (including phenoxy) is 2. The van der Waals surface area contributed by atoms with Gasteiger partial charge in [-0.15, -0.1) is 0 Å². The van der Waals surface area contributed by atoms with Gasteiger partial charge in [-0.3, -0.25) is 10.3 Å². The molecule has 168 valence electrons. The molecule has 0 fully saturated rings. The minimum Gasteiger partial charge on any atom is -0.494 e. The average molecular weight is 438 g/mol. The van der Waals surface area contributed by atoms with Crippen LogP contribution in [0.15, 0.2) is 30.7 Å². The second-order valence-corrected chi connectivity index (χ2v) is 7.22. The maximum absolute atomic E-state index is 10.1.